The number of hydrogen-bond donors (Lipinski definition) is 2. The third-order valence-electron chi connectivity index (χ3n) is 4.97. The first-order valence-corrected chi connectivity index (χ1v) is 9.44. The van der Waals surface area contributed by atoms with E-state index in [0.717, 1.165) is 5.56 Å². The number of nitrogens with one attached hydrogen (secondary N) is 2. The minimum absolute atomic E-state index is 0.132. The van der Waals surface area contributed by atoms with Crippen LogP contribution in [0.2, 0.25) is 0 Å². The molecule has 0 aliphatic heterocycles. The maximum Gasteiger partial charge on any atom is 0.200 e. The number of rotatable bonds is 4. The van der Waals surface area contributed by atoms with Crippen LogP contribution >= 0.6 is 0 Å². The van der Waals surface area contributed by atoms with Crippen molar-refractivity contribution in [2.24, 2.45) is 0 Å². The van der Waals surface area contributed by atoms with E-state index in [9.17, 15) is 4.79 Å². The van der Waals surface area contributed by atoms with E-state index in [1.165, 1.54) is 6.33 Å². The Balaban J connectivity index is 1.70. The van der Waals surface area contributed by atoms with E-state index in [2.05, 4.69) is 25.3 Å². The molecular weight excluding hydrogens is 377 g/mol. The summed E-state index contributed by atoms with van der Waals surface area (Å²) in [6.45, 7) is 1.91. The molecule has 3 heterocycles. The molecule has 3 aromatic heterocycles. The number of anilines is 1. The van der Waals surface area contributed by atoms with Gasteiger partial charge in [-0.2, -0.15) is 0 Å². The Morgan fingerprint density at radius 3 is 2.77 bits per heavy atom. The number of benzene rings is 2. The van der Waals surface area contributed by atoms with E-state index in [-0.39, 0.29) is 11.5 Å². The number of nitrogens with zero attached hydrogens (tertiary/aromatic N) is 3. The number of fused-ring (bicyclic) bond motifs is 2. The van der Waals surface area contributed by atoms with Gasteiger partial charge in [0.15, 0.2) is 11.5 Å². The first-order chi connectivity index (χ1) is 14.6. The third-order valence-corrected chi connectivity index (χ3v) is 4.97. The van der Waals surface area contributed by atoms with Crippen molar-refractivity contribution < 1.29 is 4.42 Å². The Hall–Kier alpha value is -3.94. The van der Waals surface area contributed by atoms with Crippen molar-refractivity contribution in [3.8, 4) is 11.1 Å². The molecule has 30 heavy (non-hydrogen) atoms. The van der Waals surface area contributed by atoms with Gasteiger partial charge >= 0.3 is 0 Å². The van der Waals surface area contributed by atoms with Crippen molar-refractivity contribution in [3.05, 3.63) is 77.2 Å². The van der Waals surface area contributed by atoms with E-state index in [1.807, 2.05) is 37.3 Å². The Morgan fingerprint density at radius 1 is 1.10 bits per heavy atom. The molecule has 5 aromatic rings. The molecule has 0 spiro atoms. The Labute approximate surface area is 172 Å². The van der Waals surface area contributed by atoms with Gasteiger partial charge in [0.05, 0.1) is 23.3 Å². The van der Waals surface area contributed by atoms with Gasteiger partial charge in [-0.05, 0) is 18.6 Å². The lowest BCUT2D eigenvalue weighted by Crippen LogP contribution is -2.17. The average Bonchev–Trinajstić information content (AvgIpc) is 3.24. The molecule has 144 valence electrons. The Morgan fingerprint density at radius 2 is 1.93 bits per heavy atom. The van der Waals surface area contributed by atoms with Crippen LogP contribution in [-0.4, -0.2) is 27.8 Å². The molecule has 5 rings (SSSR count). The second-order valence-electron chi connectivity index (χ2n) is 6.98. The van der Waals surface area contributed by atoms with Crippen LogP contribution in [0.1, 0.15) is 18.7 Å². The summed E-state index contributed by atoms with van der Waals surface area (Å²) >= 11 is 0. The molecule has 0 saturated heterocycles. The summed E-state index contributed by atoms with van der Waals surface area (Å²) in [5, 5.41) is 3.77. The lowest BCUT2D eigenvalue weighted by Gasteiger charge is -2.18. The molecule has 0 amide bonds. The van der Waals surface area contributed by atoms with Crippen LogP contribution < -0.4 is 16.2 Å². The van der Waals surface area contributed by atoms with Gasteiger partial charge in [0.1, 0.15) is 31.0 Å². The predicted octanol–water partition coefficient (Wildman–Crippen LogP) is 3.09. The molecule has 7 nitrogen and oxygen atoms in total. The molecule has 2 N–H and O–H groups in total. The Bertz CT molecular complexity index is 1430. The zero-order valence-corrected chi connectivity index (χ0v) is 16.1. The molecule has 2 aromatic carbocycles. The lowest BCUT2D eigenvalue weighted by molar-refractivity contribution is 0.516. The van der Waals surface area contributed by atoms with Gasteiger partial charge in [0.25, 0.3) is 0 Å². The van der Waals surface area contributed by atoms with Crippen LogP contribution in [0, 0.1) is 0 Å². The second kappa shape index (κ2) is 7.15. The molecule has 0 saturated carbocycles. The van der Waals surface area contributed by atoms with Gasteiger partial charge in [0, 0.05) is 0 Å². The zero-order chi connectivity index (χ0) is 20.7. The van der Waals surface area contributed by atoms with E-state index in [0.29, 0.717) is 44.7 Å². The summed E-state index contributed by atoms with van der Waals surface area (Å²) in [4.78, 5) is 29.1. The quantitative estimate of drug-likeness (QED) is 0.456. The molecular formula is C22H16BN5O2. The van der Waals surface area contributed by atoms with Crippen LogP contribution in [0.15, 0.2) is 70.4 Å². The molecule has 2 radical (unpaired) electrons. The maximum atomic E-state index is 13.4. The van der Waals surface area contributed by atoms with Gasteiger partial charge in [-0.3, -0.25) is 4.79 Å². The summed E-state index contributed by atoms with van der Waals surface area (Å²) in [7, 11) is 5.91. The van der Waals surface area contributed by atoms with Crippen molar-refractivity contribution >= 4 is 41.3 Å². The van der Waals surface area contributed by atoms with Crippen LogP contribution in [0.25, 0.3) is 33.3 Å². The molecule has 8 heteroatoms. The van der Waals surface area contributed by atoms with Crippen LogP contribution in [0.5, 0.6) is 0 Å². The van der Waals surface area contributed by atoms with E-state index < -0.39 is 0 Å². The summed E-state index contributed by atoms with van der Waals surface area (Å²) in [5.74, 6) is 1.08. The summed E-state index contributed by atoms with van der Waals surface area (Å²) in [5.41, 5.74) is 3.35. The zero-order valence-electron chi connectivity index (χ0n) is 16.1. The highest BCUT2D eigenvalue weighted by molar-refractivity contribution is 6.33. The highest BCUT2D eigenvalue weighted by Crippen LogP contribution is 2.31. The van der Waals surface area contributed by atoms with Gasteiger partial charge in [-0.15, -0.1) is 0 Å². The van der Waals surface area contributed by atoms with Crippen molar-refractivity contribution in [2.75, 3.05) is 5.32 Å². The van der Waals surface area contributed by atoms with Gasteiger partial charge in [-0.25, -0.2) is 15.0 Å². The van der Waals surface area contributed by atoms with Crippen molar-refractivity contribution in [3.63, 3.8) is 0 Å². The van der Waals surface area contributed by atoms with Crippen LogP contribution in [0.4, 0.5) is 5.82 Å². The predicted molar refractivity (Wildman–Crippen MR) is 117 cm³/mol. The van der Waals surface area contributed by atoms with Gasteiger partial charge < -0.3 is 14.7 Å². The standard InChI is InChI=1S/C22H16BN5O2/c1-12(28-22-18-21(25-10-24-18)26-11-27-22)20-17(13-5-3-2-4-6-13)19(29)15-9-14(23)7-8-16(15)30-20/h2-12H,1H3,(H2,24,25,26,27,28)/t12-/m1/s1. The number of H-pyrrole nitrogens is 1. The summed E-state index contributed by atoms with van der Waals surface area (Å²) < 4.78 is 6.22. The first kappa shape index (κ1) is 18.1. The maximum absolute atomic E-state index is 13.4. The van der Waals surface area contributed by atoms with Crippen LogP contribution in [-0.2, 0) is 0 Å². The number of imidazole rings is 1. The SMILES string of the molecule is [B]c1ccc2oc([C@@H](C)Nc3ncnc4nc[nH]c34)c(-c3ccccc3)c(=O)c2c1. The molecule has 0 unspecified atom stereocenters. The first-order valence-electron chi connectivity index (χ1n) is 9.44. The smallest absolute Gasteiger partial charge is 0.200 e. The monoisotopic (exact) mass is 393 g/mol. The number of aromatic amines is 1. The van der Waals surface area contributed by atoms with E-state index in [1.54, 1.807) is 24.5 Å². The fourth-order valence-electron chi connectivity index (χ4n) is 3.56. The second-order valence-corrected chi connectivity index (χ2v) is 6.98. The third kappa shape index (κ3) is 3.02. The molecule has 1 atom stereocenters. The minimum Gasteiger partial charge on any atom is -0.458 e. The fourth-order valence-corrected chi connectivity index (χ4v) is 3.56. The van der Waals surface area contributed by atoms with Crippen molar-refractivity contribution in [1.82, 2.24) is 19.9 Å². The highest BCUT2D eigenvalue weighted by Gasteiger charge is 2.22. The van der Waals surface area contributed by atoms with E-state index >= 15 is 0 Å². The van der Waals surface area contributed by atoms with Gasteiger partial charge in [-0.1, -0.05) is 47.9 Å². The largest absolute Gasteiger partial charge is 0.458 e. The van der Waals surface area contributed by atoms with E-state index in [4.69, 9.17) is 12.3 Å². The van der Waals surface area contributed by atoms with Crippen LogP contribution in [0.3, 0.4) is 0 Å². The highest BCUT2D eigenvalue weighted by atomic mass is 16.3. The molecule has 0 aliphatic rings. The normalized spacial score (nSPS) is 12.3. The molecule has 0 aliphatic carbocycles. The molecule has 0 fully saturated rings. The topological polar surface area (TPSA) is 96.7 Å². The lowest BCUT2D eigenvalue weighted by atomic mass is 9.93. The van der Waals surface area contributed by atoms with Crippen molar-refractivity contribution in [1.29, 1.82) is 0 Å². The summed E-state index contributed by atoms with van der Waals surface area (Å²) in [6.07, 6.45) is 3.00. The number of aromatic nitrogens is 4. The fraction of sp³-hybridized carbons (Fsp3) is 0.0909. The average molecular weight is 393 g/mol. The molecule has 0 bridgehead atoms. The minimum atomic E-state index is -0.365. The van der Waals surface area contributed by atoms with Crippen molar-refractivity contribution in [2.45, 2.75) is 13.0 Å². The Kier molecular flexibility index (Phi) is 4.32. The number of hydrogen-bond acceptors (Lipinski definition) is 6. The van der Waals surface area contributed by atoms with Gasteiger partial charge in [0.2, 0.25) is 5.43 Å². The summed E-state index contributed by atoms with van der Waals surface area (Å²) in [6, 6.07) is 14.2.